The number of hydrogen-bond donors (Lipinski definition) is 1. The number of thiophene rings is 1. The number of nitrogens with one attached hydrogen (secondary N) is 1. The van der Waals surface area contributed by atoms with Crippen molar-refractivity contribution in [3.05, 3.63) is 51.5 Å². The van der Waals surface area contributed by atoms with Crippen molar-refractivity contribution < 1.29 is 9.53 Å². The van der Waals surface area contributed by atoms with Crippen LogP contribution in [-0.4, -0.2) is 59.5 Å². The monoisotopic (exact) mass is 432 g/mol. The molecule has 0 bridgehead atoms. The largest absolute Gasteiger partial charge is 0.379 e. The van der Waals surface area contributed by atoms with E-state index in [9.17, 15) is 4.79 Å². The van der Waals surface area contributed by atoms with Gasteiger partial charge in [-0.3, -0.25) is 14.4 Å². The van der Waals surface area contributed by atoms with Gasteiger partial charge in [-0.1, -0.05) is 29.8 Å². The van der Waals surface area contributed by atoms with E-state index in [1.165, 1.54) is 11.3 Å². The number of ether oxygens (including phenoxy) is 1. The lowest BCUT2D eigenvalue weighted by Crippen LogP contribution is -2.45. The van der Waals surface area contributed by atoms with Crippen molar-refractivity contribution in [2.45, 2.75) is 26.4 Å². The van der Waals surface area contributed by atoms with Crippen molar-refractivity contribution in [3.63, 3.8) is 0 Å². The summed E-state index contributed by atoms with van der Waals surface area (Å²) in [6.07, 6.45) is 0. The third kappa shape index (κ3) is 4.64. The Morgan fingerprint density at radius 3 is 2.86 bits per heavy atom. The molecule has 4 rings (SSSR count). The predicted octanol–water partition coefficient (Wildman–Crippen LogP) is 3.56. The summed E-state index contributed by atoms with van der Waals surface area (Å²) >= 11 is 7.79. The van der Waals surface area contributed by atoms with Crippen molar-refractivity contribution in [1.29, 1.82) is 0 Å². The molecule has 1 fully saturated rings. The van der Waals surface area contributed by atoms with Crippen LogP contribution in [0.4, 0.5) is 0 Å². The number of carbonyl (C=O) groups excluding carboxylic acids is 1. The molecule has 0 spiro atoms. The van der Waals surface area contributed by atoms with Gasteiger partial charge < -0.3 is 10.1 Å². The van der Waals surface area contributed by atoms with Gasteiger partial charge in [-0.2, -0.15) is 5.10 Å². The van der Waals surface area contributed by atoms with Crippen molar-refractivity contribution in [3.8, 4) is 0 Å². The quantitative estimate of drug-likeness (QED) is 0.647. The highest BCUT2D eigenvalue weighted by atomic mass is 35.5. The van der Waals surface area contributed by atoms with Crippen molar-refractivity contribution in [2.24, 2.45) is 0 Å². The fourth-order valence-electron chi connectivity index (χ4n) is 3.63. The second kappa shape index (κ2) is 8.83. The van der Waals surface area contributed by atoms with Gasteiger partial charge >= 0.3 is 0 Å². The lowest BCUT2D eigenvalue weighted by atomic mass is 10.2. The first kappa shape index (κ1) is 20.3. The van der Waals surface area contributed by atoms with Crippen LogP contribution in [0.15, 0.2) is 30.3 Å². The van der Waals surface area contributed by atoms with Gasteiger partial charge in [0.05, 0.1) is 30.3 Å². The van der Waals surface area contributed by atoms with E-state index in [2.05, 4.69) is 15.3 Å². The molecule has 3 heterocycles. The van der Waals surface area contributed by atoms with Crippen LogP contribution in [0.1, 0.15) is 27.9 Å². The summed E-state index contributed by atoms with van der Waals surface area (Å²) in [6.45, 7) is 8.79. The van der Waals surface area contributed by atoms with Gasteiger partial charge in [0.2, 0.25) is 0 Å². The van der Waals surface area contributed by atoms with Crippen molar-refractivity contribution in [1.82, 2.24) is 20.0 Å². The average Bonchev–Trinajstić information content (AvgIpc) is 3.26. The maximum absolute atomic E-state index is 12.8. The molecule has 8 heteroatoms. The van der Waals surface area contributed by atoms with E-state index in [1.807, 2.05) is 48.9 Å². The normalized spacial score (nSPS) is 16.2. The van der Waals surface area contributed by atoms with E-state index in [1.54, 1.807) is 0 Å². The molecule has 1 aliphatic heterocycles. The van der Waals surface area contributed by atoms with Gasteiger partial charge in [0, 0.05) is 36.1 Å². The first-order valence-corrected chi connectivity index (χ1v) is 11.0. The highest BCUT2D eigenvalue weighted by molar-refractivity contribution is 7.20. The maximum Gasteiger partial charge on any atom is 0.261 e. The molecule has 0 saturated carbocycles. The molecule has 0 aliphatic carbocycles. The molecular formula is C21H25ClN4O2S. The lowest BCUT2D eigenvalue weighted by molar-refractivity contribution is 0.0342. The molecular weight excluding hydrogens is 408 g/mol. The molecule has 1 unspecified atom stereocenters. The summed E-state index contributed by atoms with van der Waals surface area (Å²) in [6, 6.07) is 9.79. The Balaban J connectivity index is 1.48. The predicted molar refractivity (Wildman–Crippen MR) is 117 cm³/mol. The number of benzene rings is 1. The summed E-state index contributed by atoms with van der Waals surface area (Å²) in [5.41, 5.74) is 1.93. The summed E-state index contributed by atoms with van der Waals surface area (Å²) in [7, 11) is 0. The summed E-state index contributed by atoms with van der Waals surface area (Å²) in [4.78, 5) is 16.8. The van der Waals surface area contributed by atoms with E-state index >= 15 is 0 Å². The van der Waals surface area contributed by atoms with E-state index in [4.69, 9.17) is 16.3 Å². The molecule has 0 radical (unpaired) electrons. The Bertz CT molecular complexity index is 1010. The number of aromatic nitrogens is 2. The standard InChI is InChI=1S/C21H25ClN4O2S/c1-14(12-25-7-9-28-10-8-25)23-20(27)19-11-17-15(2)24-26(21(17)29-19)13-16-5-3-4-6-18(16)22/h3-6,11,14H,7-10,12-13H2,1-2H3,(H,23,27). The van der Waals surface area contributed by atoms with Crippen LogP contribution < -0.4 is 5.32 Å². The Morgan fingerprint density at radius 2 is 2.10 bits per heavy atom. The van der Waals surface area contributed by atoms with Crippen LogP contribution in [0.3, 0.4) is 0 Å². The van der Waals surface area contributed by atoms with Gasteiger partial charge in [0.25, 0.3) is 5.91 Å². The molecule has 154 valence electrons. The average molecular weight is 433 g/mol. The van der Waals surface area contributed by atoms with Crippen LogP contribution in [0, 0.1) is 6.92 Å². The number of morpholine rings is 1. The summed E-state index contributed by atoms with van der Waals surface area (Å²) in [5, 5.41) is 9.52. The SMILES string of the molecule is Cc1nn(Cc2ccccc2Cl)c2sc(C(=O)NC(C)CN3CCOCC3)cc12. The minimum absolute atomic E-state index is 0.0318. The molecule has 3 aromatic rings. The molecule has 2 aromatic heterocycles. The van der Waals surface area contributed by atoms with Gasteiger partial charge in [-0.05, 0) is 31.5 Å². The number of carbonyl (C=O) groups is 1. The Kier molecular flexibility index (Phi) is 6.20. The number of fused-ring (bicyclic) bond motifs is 1. The first-order valence-electron chi connectivity index (χ1n) is 9.82. The highest BCUT2D eigenvalue weighted by Crippen LogP contribution is 2.29. The number of rotatable bonds is 6. The van der Waals surface area contributed by atoms with Crippen molar-refractivity contribution >= 4 is 39.1 Å². The van der Waals surface area contributed by atoms with Gasteiger partial charge in [0.1, 0.15) is 4.83 Å². The minimum Gasteiger partial charge on any atom is -0.379 e. The fraction of sp³-hybridized carbons (Fsp3) is 0.429. The van der Waals surface area contributed by atoms with Crippen LogP contribution >= 0.6 is 22.9 Å². The molecule has 1 aromatic carbocycles. The van der Waals surface area contributed by atoms with Crippen LogP contribution in [0.2, 0.25) is 5.02 Å². The van der Waals surface area contributed by atoms with Crippen LogP contribution in [-0.2, 0) is 11.3 Å². The first-order chi connectivity index (χ1) is 14.0. The topological polar surface area (TPSA) is 59.4 Å². The smallest absolute Gasteiger partial charge is 0.261 e. The van der Waals surface area contributed by atoms with Crippen LogP contribution in [0.5, 0.6) is 0 Å². The number of halogens is 1. The number of aryl methyl sites for hydroxylation is 1. The number of amides is 1. The van der Waals surface area contributed by atoms with Crippen molar-refractivity contribution in [2.75, 3.05) is 32.8 Å². The molecule has 1 aliphatic rings. The second-order valence-corrected chi connectivity index (χ2v) is 8.89. The van der Waals surface area contributed by atoms with E-state index in [-0.39, 0.29) is 11.9 Å². The number of nitrogens with zero attached hydrogens (tertiary/aromatic N) is 3. The Hall–Kier alpha value is -1.93. The third-order valence-corrected chi connectivity index (χ3v) is 6.64. The fourth-order valence-corrected chi connectivity index (χ4v) is 4.89. The van der Waals surface area contributed by atoms with Crippen LogP contribution in [0.25, 0.3) is 10.2 Å². The second-order valence-electron chi connectivity index (χ2n) is 7.45. The summed E-state index contributed by atoms with van der Waals surface area (Å²) < 4.78 is 7.32. The molecule has 6 nitrogen and oxygen atoms in total. The lowest BCUT2D eigenvalue weighted by Gasteiger charge is -2.29. The zero-order valence-corrected chi connectivity index (χ0v) is 18.2. The summed E-state index contributed by atoms with van der Waals surface area (Å²) in [5.74, 6) is -0.0318. The molecule has 29 heavy (non-hydrogen) atoms. The van der Waals surface area contributed by atoms with E-state index < -0.39 is 0 Å². The Labute approximate surface area is 179 Å². The molecule has 1 N–H and O–H groups in total. The van der Waals surface area contributed by atoms with E-state index in [0.29, 0.717) is 11.4 Å². The molecule has 1 amide bonds. The maximum atomic E-state index is 12.8. The van der Waals surface area contributed by atoms with E-state index in [0.717, 1.165) is 59.3 Å². The third-order valence-electron chi connectivity index (χ3n) is 5.12. The number of hydrogen-bond acceptors (Lipinski definition) is 5. The van der Waals surface area contributed by atoms with Gasteiger partial charge in [-0.15, -0.1) is 11.3 Å². The highest BCUT2D eigenvalue weighted by Gasteiger charge is 2.20. The zero-order valence-electron chi connectivity index (χ0n) is 16.7. The Morgan fingerprint density at radius 1 is 1.34 bits per heavy atom. The molecule has 1 atom stereocenters. The van der Waals surface area contributed by atoms with Gasteiger partial charge in [-0.25, -0.2) is 0 Å². The van der Waals surface area contributed by atoms with Gasteiger partial charge in [0.15, 0.2) is 0 Å². The zero-order chi connectivity index (χ0) is 20.4. The molecule has 1 saturated heterocycles. The minimum atomic E-state index is -0.0318.